The van der Waals surface area contributed by atoms with Crippen molar-refractivity contribution in [1.29, 1.82) is 0 Å². The molecule has 0 heterocycles. The van der Waals surface area contributed by atoms with Gasteiger partial charge in [0.2, 0.25) is 10.0 Å². The van der Waals surface area contributed by atoms with Crippen molar-refractivity contribution in [3.05, 3.63) is 29.8 Å². The van der Waals surface area contributed by atoms with Crippen LogP contribution in [0.5, 0.6) is 5.75 Å². The summed E-state index contributed by atoms with van der Waals surface area (Å²) in [7, 11) is -3.21. The number of aryl methyl sites for hydroxylation is 1. The van der Waals surface area contributed by atoms with Crippen molar-refractivity contribution in [3.63, 3.8) is 0 Å². The molecular formula is C14H22ClNO3S. The van der Waals surface area contributed by atoms with Gasteiger partial charge in [-0.05, 0) is 50.3 Å². The molecule has 0 saturated heterocycles. The number of rotatable bonds is 9. The highest BCUT2D eigenvalue weighted by atomic mass is 35.5. The summed E-state index contributed by atoms with van der Waals surface area (Å²) in [5.41, 5.74) is 1.08. The minimum absolute atomic E-state index is 0.107. The number of benzene rings is 1. The lowest BCUT2D eigenvalue weighted by atomic mass is 10.1. The molecule has 0 saturated carbocycles. The van der Waals surface area contributed by atoms with Crippen LogP contribution in [0.1, 0.15) is 31.7 Å². The van der Waals surface area contributed by atoms with Gasteiger partial charge in [-0.25, -0.2) is 13.1 Å². The lowest BCUT2D eigenvalue weighted by Gasteiger charge is -2.14. The van der Waals surface area contributed by atoms with Crippen LogP contribution < -0.4 is 4.72 Å². The lowest BCUT2D eigenvalue weighted by molar-refractivity contribution is 0.475. The highest BCUT2D eigenvalue weighted by molar-refractivity contribution is 7.89. The van der Waals surface area contributed by atoms with Crippen LogP contribution in [-0.2, 0) is 16.4 Å². The normalized spacial score (nSPS) is 13.3. The molecule has 0 radical (unpaired) electrons. The number of phenols is 1. The third-order valence-corrected chi connectivity index (χ3v) is 4.83. The fraction of sp³-hybridized carbons (Fsp3) is 0.571. The van der Waals surface area contributed by atoms with Crippen LogP contribution in [0, 0.1) is 0 Å². The summed E-state index contributed by atoms with van der Waals surface area (Å²) >= 11 is 5.53. The SMILES string of the molecule is CC(CCc1ccc(O)cc1)NS(=O)(=O)CCCCCl. The first-order chi connectivity index (χ1) is 9.43. The average molecular weight is 320 g/mol. The molecular weight excluding hydrogens is 298 g/mol. The van der Waals surface area contributed by atoms with Crippen molar-refractivity contribution in [2.45, 2.75) is 38.6 Å². The van der Waals surface area contributed by atoms with E-state index in [0.29, 0.717) is 18.7 Å². The Hall–Kier alpha value is -0.780. The number of unbranched alkanes of at least 4 members (excludes halogenated alkanes) is 1. The van der Waals surface area contributed by atoms with Crippen LogP contribution in [0.25, 0.3) is 0 Å². The Kier molecular flexibility index (Phi) is 7.34. The number of hydrogen-bond donors (Lipinski definition) is 2. The Morgan fingerprint density at radius 3 is 2.50 bits per heavy atom. The number of alkyl halides is 1. The Labute approximate surface area is 126 Å². The summed E-state index contributed by atoms with van der Waals surface area (Å²) in [6.45, 7) is 1.86. The van der Waals surface area contributed by atoms with Crippen molar-refractivity contribution in [1.82, 2.24) is 4.72 Å². The van der Waals surface area contributed by atoms with Crippen molar-refractivity contribution in [3.8, 4) is 5.75 Å². The third-order valence-electron chi connectivity index (χ3n) is 2.98. The first kappa shape index (κ1) is 17.3. The Morgan fingerprint density at radius 1 is 1.25 bits per heavy atom. The standard InChI is InChI=1S/C14H22ClNO3S/c1-12(16-20(18,19)11-3-2-10-15)4-5-13-6-8-14(17)9-7-13/h6-9,12,16-17H,2-5,10-11H2,1H3. The first-order valence-electron chi connectivity index (χ1n) is 6.77. The third kappa shape index (κ3) is 7.12. The van der Waals surface area contributed by atoms with Gasteiger partial charge in [0.1, 0.15) is 5.75 Å². The molecule has 1 aromatic carbocycles. The maximum Gasteiger partial charge on any atom is 0.211 e. The van der Waals surface area contributed by atoms with Crippen LogP contribution in [0.4, 0.5) is 0 Å². The molecule has 4 nitrogen and oxygen atoms in total. The van der Waals surface area contributed by atoms with Gasteiger partial charge in [0, 0.05) is 11.9 Å². The van der Waals surface area contributed by atoms with Crippen molar-refractivity contribution >= 4 is 21.6 Å². The predicted molar refractivity (Wildman–Crippen MR) is 82.8 cm³/mol. The molecule has 6 heteroatoms. The molecule has 1 rings (SSSR count). The number of sulfonamides is 1. The predicted octanol–water partition coefficient (Wildman–Crippen LogP) is 2.65. The van der Waals surface area contributed by atoms with Crippen LogP contribution >= 0.6 is 11.6 Å². The molecule has 114 valence electrons. The van der Waals surface area contributed by atoms with E-state index in [2.05, 4.69) is 4.72 Å². The van der Waals surface area contributed by atoms with Gasteiger partial charge in [-0.1, -0.05) is 12.1 Å². The Bertz CT molecular complexity index is 488. The zero-order valence-corrected chi connectivity index (χ0v) is 13.3. The van der Waals surface area contributed by atoms with E-state index in [1.54, 1.807) is 12.1 Å². The zero-order chi connectivity index (χ0) is 15.0. The zero-order valence-electron chi connectivity index (χ0n) is 11.7. The number of hydrogen-bond acceptors (Lipinski definition) is 3. The van der Waals surface area contributed by atoms with Gasteiger partial charge in [0.05, 0.1) is 5.75 Å². The molecule has 0 amide bonds. The molecule has 0 aliphatic carbocycles. The number of aromatic hydroxyl groups is 1. The number of halogens is 1. The fourth-order valence-corrected chi connectivity index (χ4v) is 3.48. The maximum atomic E-state index is 11.8. The van der Waals surface area contributed by atoms with E-state index in [4.69, 9.17) is 11.6 Å². The highest BCUT2D eigenvalue weighted by Gasteiger charge is 2.13. The topological polar surface area (TPSA) is 66.4 Å². The minimum atomic E-state index is -3.21. The highest BCUT2D eigenvalue weighted by Crippen LogP contribution is 2.12. The summed E-state index contributed by atoms with van der Waals surface area (Å²) in [6, 6.07) is 6.85. The van der Waals surface area contributed by atoms with Gasteiger partial charge in [0.25, 0.3) is 0 Å². The second-order valence-corrected chi connectivity index (χ2v) is 7.19. The number of phenolic OH excluding ortho intramolecular Hbond substituents is 1. The summed E-state index contributed by atoms with van der Waals surface area (Å²) in [5.74, 6) is 0.858. The van der Waals surface area contributed by atoms with Crippen molar-refractivity contribution < 1.29 is 13.5 Å². The van der Waals surface area contributed by atoms with Crippen LogP contribution in [0.15, 0.2) is 24.3 Å². The summed E-state index contributed by atoms with van der Waals surface area (Å²) in [6.07, 6.45) is 2.79. The van der Waals surface area contributed by atoms with Crippen LogP contribution in [0.3, 0.4) is 0 Å². The van der Waals surface area contributed by atoms with Crippen LogP contribution in [0.2, 0.25) is 0 Å². The Morgan fingerprint density at radius 2 is 1.90 bits per heavy atom. The monoisotopic (exact) mass is 319 g/mol. The van der Waals surface area contributed by atoms with Gasteiger partial charge in [0.15, 0.2) is 0 Å². The minimum Gasteiger partial charge on any atom is -0.508 e. The summed E-state index contributed by atoms with van der Waals surface area (Å²) in [4.78, 5) is 0. The molecule has 1 unspecified atom stereocenters. The van der Waals surface area contributed by atoms with E-state index in [0.717, 1.165) is 18.4 Å². The Balaban J connectivity index is 2.35. The molecule has 0 aromatic heterocycles. The second-order valence-electron chi connectivity index (χ2n) is 4.94. The van der Waals surface area contributed by atoms with Gasteiger partial charge in [-0.15, -0.1) is 11.6 Å². The smallest absolute Gasteiger partial charge is 0.211 e. The van der Waals surface area contributed by atoms with Gasteiger partial charge >= 0.3 is 0 Å². The quantitative estimate of drug-likeness (QED) is 0.543. The molecule has 1 atom stereocenters. The summed E-state index contributed by atoms with van der Waals surface area (Å²) in [5, 5.41) is 9.19. The molecule has 2 N–H and O–H groups in total. The molecule has 0 bridgehead atoms. The van der Waals surface area contributed by atoms with Crippen molar-refractivity contribution in [2.75, 3.05) is 11.6 Å². The van der Waals surface area contributed by atoms with Gasteiger partial charge in [-0.2, -0.15) is 0 Å². The molecule has 20 heavy (non-hydrogen) atoms. The van der Waals surface area contributed by atoms with E-state index in [1.807, 2.05) is 19.1 Å². The van der Waals surface area contributed by atoms with Crippen LogP contribution in [-0.4, -0.2) is 31.2 Å². The van der Waals surface area contributed by atoms with Crippen molar-refractivity contribution in [2.24, 2.45) is 0 Å². The van der Waals surface area contributed by atoms with E-state index in [-0.39, 0.29) is 17.5 Å². The molecule has 0 aliphatic heterocycles. The van der Waals surface area contributed by atoms with E-state index >= 15 is 0 Å². The van der Waals surface area contributed by atoms with E-state index < -0.39 is 10.0 Å². The van der Waals surface area contributed by atoms with Gasteiger partial charge in [-0.3, -0.25) is 0 Å². The average Bonchev–Trinajstić information content (AvgIpc) is 2.37. The molecule has 0 spiro atoms. The molecule has 0 aliphatic rings. The molecule has 1 aromatic rings. The largest absolute Gasteiger partial charge is 0.508 e. The molecule has 0 fully saturated rings. The van der Waals surface area contributed by atoms with Gasteiger partial charge < -0.3 is 5.11 Å². The fourth-order valence-electron chi connectivity index (χ4n) is 1.86. The number of nitrogens with one attached hydrogen (secondary N) is 1. The maximum absolute atomic E-state index is 11.8. The lowest BCUT2D eigenvalue weighted by Crippen LogP contribution is -2.34. The first-order valence-corrected chi connectivity index (χ1v) is 8.95. The summed E-state index contributed by atoms with van der Waals surface area (Å²) < 4.78 is 26.2. The van der Waals surface area contributed by atoms with E-state index in [9.17, 15) is 13.5 Å². The van der Waals surface area contributed by atoms with E-state index in [1.165, 1.54) is 0 Å². The second kappa shape index (κ2) is 8.49.